The topological polar surface area (TPSA) is 92.3 Å². The van der Waals surface area contributed by atoms with Gasteiger partial charge in [-0.05, 0) is 30.2 Å². The van der Waals surface area contributed by atoms with E-state index in [2.05, 4.69) is 10.9 Å². The van der Waals surface area contributed by atoms with Gasteiger partial charge in [0.05, 0.1) is 17.4 Å². The third kappa shape index (κ3) is 4.66. The number of hydrazine groups is 1. The Morgan fingerprint density at radius 3 is 2.45 bits per heavy atom. The van der Waals surface area contributed by atoms with Crippen LogP contribution in [0.15, 0.2) is 30.3 Å². The monoisotopic (exact) mass is 326 g/mol. The molecule has 1 aromatic rings. The standard InChI is InChI=1S/C14H15FN2O4S/c15-12-4-1-10(2-5-12)3-6-13(18)16-17-14(19)11-7-8-22(20,21)9-11/h1-6,11H,7-9H2,(H,16,18)(H,17,19)/b6-3+/t11-/m0/s1. The molecule has 1 aliphatic rings. The van der Waals surface area contributed by atoms with Gasteiger partial charge in [0.25, 0.3) is 5.91 Å². The minimum atomic E-state index is -3.15. The average Bonchev–Trinajstić information content (AvgIpc) is 2.84. The van der Waals surface area contributed by atoms with Gasteiger partial charge in [0.1, 0.15) is 5.82 Å². The largest absolute Gasteiger partial charge is 0.273 e. The number of nitrogens with one attached hydrogen (secondary N) is 2. The van der Waals surface area contributed by atoms with E-state index >= 15 is 0 Å². The number of halogens is 1. The van der Waals surface area contributed by atoms with Gasteiger partial charge in [0.2, 0.25) is 5.91 Å². The van der Waals surface area contributed by atoms with Crippen molar-refractivity contribution in [3.05, 3.63) is 41.7 Å². The molecule has 22 heavy (non-hydrogen) atoms. The summed E-state index contributed by atoms with van der Waals surface area (Å²) in [6.07, 6.45) is 2.90. The number of rotatable bonds is 3. The smallest absolute Gasteiger partial charge is 0.262 e. The molecule has 8 heteroatoms. The normalized spacial score (nSPS) is 20.0. The van der Waals surface area contributed by atoms with Gasteiger partial charge >= 0.3 is 0 Å². The first kappa shape index (κ1) is 16.2. The Labute approximate surface area is 127 Å². The predicted molar refractivity (Wildman–Crippen MR) is 78.5 cm³/mol. The summed E-state index contributed by atoms with van der Waals surface area (Å²) >= 11 is 0. The van der Waals surface area contributed by atoms with Crippen molar-refractivity contribution < 1.29 is 22.4 Å². The zero-order valence-electron chi connectivity index (χ0n) is 11.6. The lowest BCUT2D eigenvalue weighted by atomic mass is 10.1. The summed E-state index contributed by atoms with van der Waals surface area (Å²) in [7, 11) is -3.15. The maximum Gasteiger partial charge on any atom is 0.262 e. The Hall–Kier alpha value is -2.22. The maximum absolute atomic E-state index is 12.7. The van der Waals surface area contributed by atoms with Crippen LogP contribution in [0.5, 0.6) is 0 Å². The van der Waals surface area contributed by atoms with Crippen molar-refractivity contribution >= 4 is 27.7 Å². The van der Waals surface area contributed by atoms with Gasteiger partial charge in [-0.15, -0.1) is 0 Å². The number of amides is 2. The highest BCUT2D eigenvalue weighted by atomic mass is 32.2. The van der Waals surface area contributed by atoms with E-state index in [4.69, 9.17) is 0 Å². The van der Waals surface area contributed by atoms with Gasteiger partial charge in [-0.25, -0.2) is 12.8 Å². The van der Waals surface area contributed by atoms with E-state index in [1.807, 2.05) is 0 Å². The van der Waals surface area contributed by atoms with E-state index in [9.17, 15) is 22.4 Å². The average molecular weight is 326 g/mol. The molecule has 1 aliphatic heterocycles. The molecule has 1 saturated heterocycles. The fourth-order valence-corrected chi connectivity index (χ4v) is 3.76. The SMILES string of the molecule is O=C(/C=C/c1ccc(F)cc1)NNC(=O)[C@H]1CCS(=O)(=O)C1. The van der Waals surface area contributed by atoms with Crippen LogP contribution in [0.25, 0.3) is 6.08 Å². The number of carbonyl (C=O) groups excluding carboxylic acids is 2. The molecule has 0 aliphatic carbocycles. The molecule has 0 bridgehead atoms. The lowest BCUT2D eigenvalue weighted by molar-refractivity contribution is -0.129. The molecule has 2 N–H and O–H groups in total. The van der Waals surface area contributed by atoms with Crippen molar-refractivity contribution in [2.24, 2.45) is 5.92 Å². The first-order valence-electron chi connectivity index (χ1n) is 6.60. The zero-order valence-corrected chi connectivity index (χ0v) is 12.4. The number of benzene rings is 1. The van der Waals surface area contributed by atoms with E-state index in [1.165, 1.54) is 36.4 Å². The van der Waals surface area contributed by atoms with Crippen molar-refractivity contribution in [2.45, 2.75) is 6.42 Å². The Kier molecular flexibility index (Phi) is 4.92. The second kappa shape index (κ2) is 6.69. The lowest BCUT2D eigenvalue weighted by Crippen LogP contribution is -2.44. The van der Waals surface area contributed by atoms with Crippen LogP contribution >= 0.6 is 0 Å². The number of hydrogen-bond acceptors (Lipinski definition) is 4. The van der Waals surface area contributed by atoms with E-state index < -0.39 is 27.6 Å². The molecule has 1 atom stereocenters. The van der Waals surface area contributed by atoms with Crippen molar-refractivity contribution in [1.82, 2.24) is 10.9 Å². The van der Waals surface area contributed by atoms with E-state index in [1.54, 1.807) is 0 Å². The summed E-state index contributed by atoms with van der Waals surface area (Å²) in [6, 6.07) is 5.53. The van der Waals surface area contributed by atoms with Crippen LogP contribution in [0, 0.1) is 11.7 Å². The molecule has 0 radical (unpaired) electrons. The van der Waals surface area contributed by atoms with Crippen molar-refractivity contribution in [2.75, 3.05) is 11.5 Å². The second-order valence-corrected chi connectivity index (χ2v) is 7.19. The fraction of sp³-hybridized carbons (Fsp3) is 0.286. The van der Waals surface area contributed by atoms with E-state index in [0.717, 1.165) is 0 Å². The zero-order chi connectivity index (χ0) is 16.2. The summed E-state index contributed by atoms with van der Waals surface area (Å²) < 4.78 is 35.2. The highest BCUT2D eigenvalue weighted by Gasteiger charge is 2.32. The molecule has 1 fully saturated rings. The highest BCUT2D eigenvalue weighted by Crippen LogP contribution is 2.17. The van der Waals surface area contributed by atoms with Gasteiger partial charge < -0.3 is 0 Å². The number of sulfone groups is 1. The molecular weight excluding hydrogens is 311 g/mol. The molecule has 0 unspecified atom stereocenters. The quantitative estimate of drug-likeness (QED) is 0.622. The van der Waals surface area contributed by atoms with Gasteiger partial charge in [-0.3, -0.25) is 20.4 Å². The molecule has 0 spiro atoms. The number of carbonyl (C=O) groups is 2. The third-order valence-electron chi connectivity index (χ3n) is 3.21. The van der Waals surface area contributed by atoms with Crippen LogP contribution in [0.3, 0.4) is 0 Å². The third-order valence-corrected chi connectivity index (χ3v) is 4.98. The van der Waals surface area contributed by atoms with Crippen LogP contribution in [-0.4, -0.2) is 31.7 Å². The Bertz CT molecular complexity index is 698. The minimum Gasteiger partial charge on any atom is -0.273 e. The fourth-order valence-electron chi connectivity index (χ4n) is 2.01. The summed E-state index contributed by atoms with van der Waals surface area (Å²) in [5, 5.41) is 0. The second-order valence-electron chi connectivity index (χ2n) is 4.96. The van der Waals surface area contributed by atoms with E-state index in [-0.39, 0.29) is 23.7 Å². The Morgan fingerprint density at radius 1 is 1.18 bits per heavy atom. The minimum absolute atomic E-state index is 0.0104. The van der Waals surface area contributed by atoms with Crippen LogP contribution < -0.4 is 10.9 Å². The molecule has 2 amide bonds. The van der Waals surface area contributed by atoms with Gasteiger partial charge in [0, 0.05) is 6.08 Å². The summed E-state index contributed by atoms with van der Waals surface area (Å²) in [5.74, 6) is -2.31. The van der Waals surface area contributed by atoms with Crippen LogP contribution in [-0.2, 0) is 19.4 Å². The first-order valence-corrected chi connectivity index (χ1v) is 8.42. The van der Waals surface area contributed by atoms with E-state index in [0.29, 0.717) is 5.56 Å². The van der Waals surface area contributed by atoms with Crippen LogP contribution in [0.4, 0.5) is 4.39 Å². The summed E-state index contributed by atoms with van der Waals surface area (Å²) in [5.41, 5.74) is 5.00. The lowest BCUT2D eigenvalue weighted by Gasteiger charge is -2.09. The molecule has 0 aromatic heterocycles. The van der Waals surface area contributed by atoms with Gasteiger partial charge in [0.15, 0.2) is 9.84 Å². The molecule has 1 aromatic carbocycles. The molecule has 2 rings (SSSR count). The summed E-state index contributed by atoms with van der Waals surface area (Å²) in [4.78, 5) is 23.2. The number of hydrogen-bond donors (Lipinski definition) is 2. The predicted octanol–water partition coefficient (Wildman–Crippen LogP) is 0.421. The maximum atomic E-state index is 12.7. The van der Waals surface area contributed by atoms with Crippen molar-refractivity contribution in [3.8, 4) is 0 Å². The van der Waals surface area contributed by atoms with Crippen LogP contribution in [0.2, 0.25) is 0 Å². The van der Waals surface area contributed by atoms with Crippen molar-refractivity contribution in [3.63, 3.8) is 0 Å². The van der Waals surface area contributed by atoms with Crippen molar-refractivity contribution in [1.29, 1.82) is 0 Å². The Morgan fingerprint density at radius 2 is 1.86 bits per heavy atom. The summed E-state index contributed by atoms with van der Waals surface area (Å²) in [6.45, 7) is 0. The van der Waals surface area contributed by atoms with Crippen LogP contribution in [0.1, 0.15) is 12.0 Å². The van der Waals surface area contributed by atoms with Gasteiger partial charge in [-0.1, -0.05) is 12.1 Å². The highest BCUT2D eigenvalue weighted by molar-refractivity contribution is 7.91. The first-order chi connectivity index (χ1) is 10.4. The Balaban J connectivity index is 1.80. The van der Waals surface area contributed by atoms with Gasteiger partial charge in [-0.2, -0.15) is 0 Å². The molecule has 0 saturated carbocycles. The molecule has 118 valence electrons. The molecule has 1 heterocycles. The molecular formula is C14H15FN2O4S. The molecule has 6 nitrogen and oxygen atoms in total.